The van der Waals surface area contributed by atoms with Crippen LogP contribution in [0.1, 0.15) is 6.42 Å². The van der Waals surface area contributed by atoms with Gasteiger partial charge in [0.05, 0.1) is 24.4 Å². The second-order valence-electron chi connectivity index (χ2n) is 4.26. The molecule has 0 saturated heterocycles. The van der Waals surface area contributed by atoms with Crippen molar-refractivity contribution in [1.82, 2.24) is 0 Å². The van der Waals surface area contributed by atoms with Crippen molar-refractivity contribution in [2.45, 2.75) is 12.6 Å². The van der Waals surface area contributed by atoms with Gasteiger partial charge in [0, 0.05) is 12.1 Å². The van der Waals surface area contributed by atoms with Crippen molar-refractivity contribution in [3.05, 3.63) is 12.1 Å². The zero-order valence-electron chi connectivity index (χ0n) is 10.8. The van der Waals surface area contributed by atoms with E-state index in [4.69, 9.17) is 15.2 Å². The van der Waals surface area contributed by atoms with E-state index in [1.165, 1.54) is 12.1 Å². The van der Waals surface area contributed by atoms with E-state index in [2.05, 4.69) is 10.1 Å². The number of anilines is 2. The number of carbonyl (C=O) groups excluding carboxylic acids is 1. The summed E-state index contributed by atoms with van der Waals surface area (Å²) in [4.78, 5) is 11.6. The molecule has 116 valence electrons. The SMILES string of the molecule is Nc1cc2c(cc1NC(=O)CCOCC(F)(F)F)OCO2. The Morgan fingerprint density at radius 2 is 2.00 bits per heavy atom. The van der Waals surface area contributed by atoms with Gasteiger partial charge in [-0.25, -0.2) is 0 Å². The van der Waals surface area contributed by atoms with Crippen LogP contribution in [0, 0.1) is 0 Å². The van der Waals surface area contributed by atoms with Crippen LogP contribution in [-0.2, 0) is 9.53 Å². The molecule has 0 saturated carbocycles. The van der Waals surface area contributed by atoms with Gasteiger partial charge in [-0.2, -0.15) is 13.2 Å². The number of ether oxygens (including phenoxy) is 3. The van der Waals surface area contributed by atoms with Crippen LogP contribution in [0.3, 0.4) is 0 Å². The molecule has 1 amide bonds. The fourth-order valence-electron chi connectivity index (χ4n) is 1.63. The third kappa shape index (κ3) is 4.42. The van der Waals surface area contributed by atoms with Gasteiger partial charge in [0.1, 0.15) is 6.61 Å². The maximum atomic E-state index is 11.8. The molecule has 0 radical (unpaired) electrons. The summed E-state index contributed by atoms with van der Waals surface area (Å²) in [6, 6.07) is 2.99. The first kappa shape index (κ1) is 15.2. The Morgan fingerprint density at radius 1 is 1.33 bits per heavy atom. The topological polar surface area (TPSA) is 82.8 Å². The Kier molecular flexibility index (Phi) is 4.41. The number of halogens is 3. The fraction of sp³-hybridized carbons (Fsp3) is 0.417. The Balaban J connectivity index is 1.83. The van der Waals surface area contributed by atoms with Gasteiger partial charge in [0.25, 0.3) is 0 Å². The fourth-order valence-corrected chi connectivity index (χ4v) is 1.63. The number of fused-ring (bicyclic) bond motifs is 1. The first-order valence-electron chi connectivity index (χ1n) is 5.98. The van der Waals surface area contributed by atoms with E-state index in [9.17, 15) is 18.0 Å². The second-order valence-corrected chi connectivity index (χ2v) is 4.26. The summed E-state index contributed by atoms with van der Waals surface area (Å²) in [5.74, 6) is 0.398. The van der Waals surface area contributed by atoms with Crippen LogP contribution in [0.15, 0.2) is 12.1 Å². The van der Waals surface area contributed by atoms with Gasteiger partial charge in [0.2, 0.25) is 12.7 Å². The van der Waals surface area contributed by atoms with Crippen LogP contribution in [0.4, 0.5) is 24.5 Å². The smallest absolute Gasteiger partial charge is 0.411 e. The number of hydrogen-bond donors (Lipinski definition) is 2. The van der Waals surface area contributed by atoms with Crippen molar-refractivity contribution in [2.24, 2.45) is 0 Å². The minimum atomic E-state index is -4.40. The molecule has 0 aromatic heterocycles. The zero-order valence-corrected chi connectivity index (χ0v) is 10.8. The highest BCUT2D eigenvalue weighted by Crippen LogP contribution is 2.38. The van der Waals surface area contributed by atoms with Gasteiger partial charge in [-0.05, 0) is 0 Å². The number of alkyl halides is 3. The number of nitrogens with two attached hydrogens (primary N) is 1. The lowest BCUT2D eigenvalue weighted by Gasteiger charge is -2.10. The van der Waals surface area contributed by atoms with E-state index in [-0.39, 0.29) is 25.5 Å². The molecule has 1 aromatic carbocycles. The van der Waals surface area contributed by atoms with E-state index in [0.29, 0.717) is 17.2 Å². The highest BCUT2D eigenvalue weighted by atomic mass is 19.4. The molecule has 2 rings (SSSR count). The number of amides is 1. The van der Waals surface area contributed by atoms with E-state index >= 15 is 0 Å². The summed E-state index contributed by atoms with van der Waals surface area (Å²) in [6.45, 7) is -1.65. The average molecular weight is 306 g/mol. The largest absolute Gasteiger partial charge is 0.454 e. The molecule has 1 aliphatic rings. The quantitative estimate of drug-likeness (QED) is 0.641. The molecule has 1 aromatic rings. The molecular weight excluding hydrogens is 293 g/mol. The number of hydrogen-bond acceptors (Lipinski definition) is 5. The van der Waals surface area contributed by atoms with Gasteiger partial charge >= 0.3 is 6.18 Å². The molecule has 21 heavy (non-hydrogen) atoms. The standard InChI is InChI=1S/C12H13F3N2O4/c13-12(14,15)5-19-2-1-11(18)17-8-4-10-9(3-7(8)16)20-6-21-10/h3-4H,1-2,5-6,16H2,(H,17,18). The third-order valence-corrected chi connectivity index (χ3v) is 2.56. The van der Waals surface area contributed by atoms with Gasteiger partial charge in [-0.3, -0.25) is 4.79 Å². The third-order valence-electron chi connectivity index (χ3n) is 2.56. The van der Waals surface area contributed by atoms with Crippen LogP contribution >= 0.6 is 0 Å². The molecule has 9 heteroatoms. The van der Waals surface area contributed by atoms with Crippen LogP contribution in [-0.4, -0.2) is 32.1 Å². The van der Waals surface area contributed by atoms with Crippen LogP contribution in [0.2, 0.25) is 0 Å². The van der Waals surface area contributed by atoms with Crippen molar-refractivity contribution in [1.29, 1.82) is 0 Å². The van der Waals surface area contributed by atoms with Crippen molar-refractivity contribution < 1.29 is 32.2 Å². The Bertz CT molecular complexity index is 534. The number of rotatable bonds is 5. The molecule has 0 aliphatic carbocycles. The lowest BCUT2D eigenvalue weighted by atomic mass is 10.2. The molecule has 0 spiro atoms. The van der Waals surface area contributed by atoms with Gasteiger partial charge in [-0.1, -0.05) is 0 Å². The van der Waals surface area contributed by atoms with Crippen LogP contribution in [0.25, 0.3) is 0 Å². The van der Waals surface area contributed by atoms with Gasteiger partial charge in [0.15, 0.2) is 11.5 Å². The first-order valence-corrected chi connectivity index (χ1v) is 5.98. The van der Waals surface area contributed by atoms with Gasteiger partial charge in [-0.15, -0.1) is 0 Å². The van der Waals surface area contributed by atoms with Crippen molar-refractivity contribution in [2.75, 3.05) is 31.1 Å². The normalized spacial score (nSPS) is 13.3. The Hall–Kier alpha value is -2.16. The molecule has 3 N–H and O–H groups in total. The predicted molar refractivity (Wildman–Crippen MR) is 67.1 cm³/mol. The predicted octanol–water partition coefficient (Wildman–Crippen LogP) is 1.91. The highest BCUT2D eigenvalue weighted by molar-refractivity contribution is 5.94. The van der Waals surface area contributed by atoms with Crippen LogP contribution in [0.5, 0.6) is 11.5 Å². The lowest BCUT2D eigenvalue weighted by Crippen LogP contribution is -2.20. The second kappa shape index (κ2) is 6.08. The molecule has 0 fully saturated rings. The van der Waals surface area contributed by atoms with Gasteiger partial charge < -0.3 is 25.3 Å². The molecule has 1 heterocycles. The minimum absolute atomic E-state index is 0.0669. The molecule has 0 unspecified atom stereocenters. The highest BCUT2D eigenvalue weighted by Gasteiger charge is 2.27. The van der Waals surface area contributed by atoms with Crippen molar-refractivity contribution >= 4 is 17.3 Å². The van der Waals surface area contributed by atoms with Crippen LogP contribution < -0.4 is 20.5 Å². The number of carbonyl (C=O) groups is 1. The monoisotopic (exact) mass is 306 g/mol. The average Bonchev–Trinajstić information content (AvgIpc) is 2.81. The summed E-state index contributed by atoms with van der Waals surface area (Å²) < 4.78 is 50.1. The summed E-state index contributed by atoms with van der Waals surface area (Å²) >= 11 is 0. The molecule has 1 aliphatic heterocycles. The van der Waals surface area contributed by atoms with Crippen molar-refractivity contribution in [3.8, 4) is 11.5 Å². The number of nitrogens with one attached hydrogen (secondary N) is 1. The van der Waals surface area contributed by atoms with E-state index in [1.807, 2.05) is 0 Å². The molecule has 0 bridgehead atoms. The zero-order chi connectivity index (χ0) is 15.5. The lowest BCUT2D eigenvalue weighted by molar-refractivity contribution is -0.174. The minimum Gasteiger partial charge on any atom is -0.454 e. The number of nitrogen functional groups attached to an aromatic ring is 1. The maximum absolute atomic E-state index is 11.8. The summed E-state index contributed by atoms with van der Waals surface area (Å²) in [5, 5.41) is 2.48. The summed E-state index contributed by atoms with van der Waals surface area (Å²) in [6.07, 6.45) is -4.62. The molecule has 6 nitrogen and oxygen atoms in total. The Morgan fingerprint density at radius 3 is 2.67 bits per heavy atom. The molecule has 0 atom stereocenters. The van der Waals surface area contributed by atoms with E-state index in [1.54, 1.807) is 0 Å². The summed E-state index contributed by atoms with van der Waals surface area (Å²) in [7, 11) is 0. The Labute approximate surface area is 118 Å². The summed E-state index contributed by atoms with van der Waals surface area (Å²) in [5.41, 5.74) is 6.30. The van der Waals surface area contributed by atoms with E-state index in [0.717, 1.165) is 0 Å². The number of benzene rings is 1. The maximum Gasteiger partial charge on any atom is 0.411 e. The van der Waals surface area contributed by atoms with E-state index < -0.39 is 18.7 Å². The molecular formula is C12H13F3N2O4. The first-order chi connectivity index (χ1) is 9.85. The van der Waals surface area contributed by atoms with Crippen molar-refractivity contribution in [3.63, 3.8) is 0 Å².